The molecule has 0 aliphatic carbocycles. The molecule has 0 saturated carbocycles. The maximum absolute atomic E-state index is 11.1. The summed E-state index contributed by atoms with van der Waals surface area (Å²) in [4.78, 5) is 11.1. The van der Waals surface area contributed by atoms with Crippen LogP contribution in [0.3, 0.4) is 0 Å². The van der Waals surface area contributed by atoms with E-state index in [0.29, 0.717) is 11.7 Å². The Hall–Kier alpha value is -1.49. The Labute approximate surface area is 75.4 Å². The number of aromatic nitrogens is 3. The van der Waals surface area contributed by atoms with Gasteiger partial charge in [-0.1, -0.05) is 11.8 Å². The Morgan fingerprint density at radius 2 is 2.54 bits per heavy atom. The van der Waals surface area contributed by atoms with Crippen molar-refractivity contribution in [1.82, 2.24) is 20.3 Å². The number of hydrogen-bond acceptors (Lipinski definition) is 4. The van der Waals surface area contributed by atoms with Gasteiger partial charge in [0, 0.05) is 13.1 Å². The molecule has 0 bridgehead atoms. The molecule has 13 heavy (non-hydrogen) atoms. The summed E-state index contributed by atoms with van der Waals surface area (Å²) in [5.41, 5.74) is 0.363. The summed E-state index contributed by atoms with van der Waals surface area (Å²) in [7, 11) is 0. The maximum Gasteiger partial charge on any atom is 0.207 e. The van der Waals surface area contributed by atoms with Crippen LogP contribution in [0.5, 0.6) is 0 Å². The Bertz CT molecular complexity index is 340. The van der Waals surface area contributed by atoms with Crippen molar-refractivity contribution in [3.05, 3.63) is 24.5 Å². The van der Waals surface area contributed by atoms with Crippen molar-refractivity contribution < 1.29 is 4.79 Å². The fraction of sp³-hybridized carbons (Fsp3) is 0.375. The fourth-order valence-electron chi connectivity index (χ4n) is 1.13. The minimum absolute atomic E-state index is 0.182. The summed E-state index contributed by atoms with van der Waals surface area (Å²) >= 11 is 0. The zero-order chi connectivity index (χ0) is 9.26. The Balaban J connectivity index is 2.17. The van der Waals surface area contributed by atoms with Crippen LogP contribution in [0.1, 0.15) is 16.5 Å². The normalized spacial score (nSPS) is 16.6. The minimum Gasteiger partial charge on any atom is -0.312 e. The zero-order valence-corrected chi connectivity index (χ0v) is 7.10. The summed E-state index contributed by atoms with van der Waals surface area (Å²) in [6.07, 6.45) is 2.91. The highest BCUT2D eigenvalue weighted by Gasteiger charge is 2.20. The topological polar surface area (TPSA) is 59.8 Å². The minimum atomic E-state index is -0.182. The van der Waals surface area contributed by atoms with Gasteiger partial charge in [-0.15, -0.1) is 5.10 Å². The summed E-state index contributed by atoms with van der Waals surface area (Å²) in [6, 6.07) is 0.346. The van der Waals surface area contributed by atoms with E-state index in [1.165, 1.54) is 6.08 Å². The number of rotatable bonds is 3. The molecule has 2 rings (SSSR count). The van der Waals surface area contributed by atoms with Gasteiger partial charge in [-0.2, -0.15) is 0 Å². The molecule has 0 amide bonds. The van der Waals surface area contributed by atoms with Crippen LogP contribution in [0.2, 0.25) is 0 Å². The first kappa shape index (κ1) is 8.12. The van der Waals surface area contributed by atoms with Crippen LogP contribution in [-0.2, 0) is 0 Å². The van der Waals surface area contributed by atoms with E-state index in [0.717, 1.165) is 13.1 Å². The van der Waals surface area contributed by atoms with E-state index in [-0.39, 0.29) is 5.78 Å². The van der Waals surface area contributed by atoms with Crippen LogP contribution in [-0.4, -0.2) is 33.9 Å². The van der Waals surface area contributed by atoms with Crippen LogP contribution >= 0.6 is 0 Å². The monoisotopic (exact) mass is 178 g/mol. The number of ketones is 1. The predicted molar refractivity (Wildman–Crippen MR) is 46.5 cm³/mol. The van der Waals surface area contributed by atoms with Gasteiger partial charge in [-0.3, -0.25) is 4.79 Å². The highest BCUT2D eigenvalue weighted by atomic mass is 16.1. The molecule has 1 N–H and O–H groups in total. The lowest BCUT2D eigenvalue weighted by Gasteiger charge is -2.26. The van der Waals surface area contributed by atoms with Gasteiger partial charge < -0.3 is 5.32 Å². The average molecular weight is 178 g/mol. The van der Waals surface area contributed by atoms with Gasteiger partial charge in [0.2, 0.25) is 5.78 Å². The second-order valence-corrected chi connectivity index (χ2v) is 2.96. The van der Waals surface area contributed by atoms with Crippen LogP contribution in [0.15, 0.2) is 18.9 Å². The van der Waals surface area contributed by atoms with Crippen LogP contribution in [0, 0.1) is 0 Å². The lowest BCUT2D eigenvalue weighted by atomic mass is 10.2. The summed E-state index contributed by atoms with van der Waals surface area (Å²) in [5, 5.41) is 10.7. The van der Waals surface area contributed by atoms with Crippen molar-refractivity contribution in [2.75, 3.05) is 13.1 Å². The molecule has 1 aromatic heterocycles. The Kier molecular flexibility index (Phi) is 1.94. The molecule has 1 aromatic rings. The third-order valence-electron chi connectivity index (χ3n) is 2.08. The lowest BCUT2D eigenvalue weighted by Crippen LogP contribution is -2.43. The Morgan fingerprint density at radius 3 is 3.08 bits per heavy atom. The van der Waals surface area contributed by atoms with E-state index in [1.54, 1.807) is 10.9 Å². The first-order valence-electron chi connectivity index (χ1n) is 4.10. The van der Waals surface area contributed by atoms with Gasteiger partial charge in [0.05, 0.1) is 12.2 Å². The van der Waals surface area contributed by atoms with E-state index in [4.69, 9.17) is 0 Å². The molecular formula is C8H10N4O. The number of allylic oxidation sites excluding steroid dienone is 1. The Morgan fingerprint density at radius 1 is 1.77 bits per heavy atom. The molecule has 0 atom stereocenters. The number of carbonyl (C=O) groups is 1. The quantitative estimate of drug-likeness (QED) is 0.514. The van der Waals surface area contributed by atoms with Gasteiger partial charge in [-0.05, 0) is 6.08 Å². The summed E-state index contributed by atoms with van der Waals surface area (Å²) in [6.45, 7) is 5.17. The van der Waals surface area contributed by atoms with Gasteiger partial charge in [0.25, 0.3) is 0 Å². The number of carbonyl (C=O) groups excluding carboxylic acids is 1. The molecule has 0 radical (unpaired) electrons. The van der Waals surface area contributed by atoms with Crippen LogP contribution < -0.4 is 5.32 Å². The first-order chi connectivity index (χ1) is 6.31. The van der Waals surface area contributed by atoms with E-state index in [1.807, 2.05) is 0 Å². The molecule has 1 fully saturated rings. The van der Waals surface area contributed by atoms with Gasteiger partial charge in [0.15, 0.2) is 5.69 Å². The smallest absolute Gasteiger partial charge is 0.207 e. The molecule has 2 heterocycles. The van der Waals surface area contributed by atoms with Crippen LogP contribution in [0.4, 0.5) is 0 Å². The predicted octanol–water partition coefficient (Wildman–Crippen LogP) is -0.209. The van der Waals surface area contributed by atoms with Crippen molar-refractivity contribution in [3.63, 3.8) is 0 Å². The van der Waals surface area contributed by atoms with Crippen molar-refractivity contribution >= 4 is 5.78 Å². The molecule has 1 saturated heterocycles. The second kappa shape index (κ2) is 3.10. The summed E-state index contributed by atoms with van der Waals surface area (Å²) < 4.78 is 1.72. The lowest BCUT2D eigenvalue weighted by molar-refractivity contribution is 0.104. The third-order valence-corrected chi connectivity index (χ3v) is 2.08. The number of nitrogens with zero attached hydrogens (tertiary/aromatic N) is 3. The number of hydrogen-bond donors (Lipinski definition) is 1. The molecule has 0 unspecified atom stereocenters. The molecule has 5 heteroatoms. The van der Waals surface area contributed by atoms with Crippen molar-refractivity contribution in [1.29, 1.82) is 0 Å². The average Bonchev–Trinajstić information content (AvgIpc) is 2.49. The van der Waals surface area contributed by atoms with Crippen molar-refractivity contribution in [2.45, 2.75) is 6.04 Å². The number of nitrogens with one attached hydrogen (secondary N) is 1. The molecule has 1 aliphatic heterocycles. The van der Waals surface area contributed by atoms with E-state index in [2.05, 4.69) is 22.2 Å². The highest BCUT2D eigenvalue weighted by molar-refractivity contribution is 6.02. The molecular weight excluding hydrogens is 168 g/mol. The first-order valence-corrected chi connectivity index (χ1v) is 4.10. The maximum atomic E-state index is 11.1. The largest absolute Gasteiger partial charge is 0.312 e. The van der Waals surface area contributed by atoms with Gasteiger partial charge in [-0.25, -0.2) is 4.68 Å². The van der Waals surface area contributed by atoms with Crippen molar-refractivity contribution in [2.24, 2.45) is 0 Å². The zero-order valence-electron chi connectivity index (χ0n) is 7.10. The van der Waals surface area contributed by atoms with Crippen molar-refractivity contribution in [3.8, 4) is 0 Å². The van der Waals surface area contributed by atoms with Crippen LogP contribution in [0.25, 0.3) is 0 Å². The molecule has 1 aliphatic rings. The molecule has 5 nitrogen and oxygen atoms in total. The second-order valence-electron chi connectivity index (χ2n) is 2.96. The third kappa shape index (κ3) is 1.38. The SMILES string of the molecule is C=CC(=O)c1cn(C2CNC2)nn1. The molecule has 0 aromatic carbocycles. The van der Waals surface area contributed by atoms with E-state index < -0.39 is 0 Å². The van der Waals surface area contributed by atoms with Gasteiger partial charge >= 0.3 is 0 Å². The van der Waals surface area contributed by atoms with E-state index in [9.17, 15) is 4.79 Å². The molecule has 68 valence electrons. The summed E-state index contributed by atoms with van der Waals surface area (Å²) in [5.74, 6) is -0.182. The fourth-order valence-corrected chi connectivity index (χ4v) is 1.13. The standard InChI is InChI=1S/C8H10N4O/c1-2-8(13)7-5-12(11-10-7)6-3-9-4-6/h2,5-6,9H,1,3-4H2. The van der Waals surface area contributed by atoms with E-state index >= 15 is 0 Å². The van der Waals surface area contributed by atoms with Gasteiger partial charge in [0.1, 0.15) is 0 Å². The highest BCUT2D eigenvalue weighted by Crippen LogP contribution is 2.09. The molecule has 0 spiro atoms.